The molecule has 7 heteroatoms. The summed E-state index contributed by atoms with van der Waals surface area (Å²) in [6, 6.07) is 4.68. The predicted molar refractivity (Wildman–Crippen MR) is 92.4 cm³/mol. The Hall–Kier alpha value is -2.28. The molecule has 1 aromatic carbocycles. The number of nitrogens with zero attached hydrogens (tertiary/aromatic N) is 5. The molecule has 0 atom stereocenters. The normalized spacial score (nSPS) is 16.8. The van der Waals surface area contributed by atoms with Crippen molar-refractivity contribution < 1.29 is 8.91 Å². The van der Waals surface area contributed by atoms with Crippen LogP contribution in [-0.2, 0) is 6.42 Å². The molecule has 0 spiro atoms. The zero-order valence-corrected chi connectivity index (χ0v) is 14.6. The molecule has 0 amide bonds. The van der Waals surface area contributed by atoms with Gasteiger partial charge in [0.1, 0.15) is 5.82 Å². The summed E-state index contributed by atoms with van der Waals surface area (Å²) in [7, 11) is 0. The van der Waals surface area contributed by atoms with Crippen molar-refractivity contribution in [2.24, 2.45) is 0 Å². The Bertz CT molecular complexity index is 879. The molecule has 0 radical (unpaired) electrons. The summed E-state index contributed by atoms with van der Waals surface area (Å²) in [5, 5.41) is 9.59. The maximum Gasteiger partial charge on any atom is 0.291 e. The van der Waals surface area contributed by atoms with E-state index in [1.807, 2.05) is 6.92 Å². The maximum absolute atomic E-state index is 13.7. The Labute approximate surface area is 145 Å². The molecule has 1 saturated heterocycles. The van der Waals surface area contributed by atoms with Crippen LogP contribution >= 0.6 is 0 Å². The number of aryl methyl sites for hydroxylation is 1. The Kier molecular flexibility index (Phi) is 4.25. The molecule has 132 valence electrons. The van der Waals surface area contributed by atoms with E-state index >= 15 is 0 Å². The van der Waals surface area contributed by atoms with Crippen LogP contribution < -0.4 is 0 Å². The number of halogens is 1. The quantitative estimate of drug-likeness (QED) is 0.727. The molecule has 25 heavy (non-hydrogen) atoms. The number of hydrogen-bond donors (Lipinski definition) is 0. The SMILES string of the molecule is CCc1nn(-c2noc(C3CCN(CC)CC3)n2)c2cc(F)ccc12. The number of benzene rings is 1. The van der Waals surface area contributed by atoms with E-state index in [-0.39, 0.29) is 11.7 Å². The second-order valence-corrected chi connectivity index (χ2v) is 6.51. The van der Waals surface area contributed by atoms with Crippen LogP contribution in [0, 0.1) is 5.82 Å². The summed E-state index contributed by atoms with van der Waals surface area (Å²) in [5.41, 5.74) is 1.57. The van der Waals surface area contributed by atoms with E-state index in [1.54, 1.807) is 10.7 Å². The molecular formula is C18H22FN5O. The molecule has 2 aromatic heterocycles. The number of hydrogen-bond acceptors (Lipinski definition) is 5. The summed E-state index contributed by atoms with van der Waals surface area (Å²) < 4.78 is 20.8. The van der Waals surface area contributed by atoms with Crippen LogP contribution in [0.5, 0.6) is 0 Å². The number of piperidine rings is 1. The van der Waals surface area contributed by atoms with Crippen LogP contribution in [0.1, 0.15) is 44.2 Å². The van der Waals surface area contributed by atoms with Crippen LogP contribution in [0.25, 0.3) is 16.9 Å². The topological polar surface area (TPSA) is 60.0 Å². The van der Waals surface area contributed by atoms with E-state index < -0.39 is 0 Å². The molecule has 0 bridgehead atoms. The Morgan fingerprint density at radius 2 is 2.04 bits per heavy atom. The van der Waals surface area contributed by atoms with E-state index in [0.29, 0.717) is 17.4 Å². The zero-order chi connectivity index (χ0) is 17.4. The lowest BCUT2D eigenvalue weighted by molar-refractivity contribution is 0.202. The molecule has 3 heterocycles. The van der Waals surface area contributed by atoms with Crippen LogP contribution in [0.15, 0.2) is 22.7 Å². The van der Waals surface area contributed by atoms with E-state index in [9.17, 15) is 4.39 Å². The van der Waals surface area contributed by atoms with E-state index in [1.165, 1.54) is 12.1 Å². The van der Waals surface area contributed by atoms with Crippen LogP contribution in [0.2, 0.25) is 0 Å². The summed E-state index contributed by atoms with van der Waals surface area (Å²) in [6.07, 6.45) is 2.80. The van der Waals surface area contributed by atoms with Gasteiger partial charge in [-0.1, -0.05) is 13.8 Å². The second-order valence-electron chi connectivity index (χ2n) is 6.51. The third-order valence-corrected chi connectivity index (χ3v) is 5.06. The smallest absolute Gasteiger partial charge is 0.291 e. The molecule has 6 nitrogen and oxygen atoms in total. The van der Waals surface area contributed by atoms with Crippen molar-refractivity contribution in [3.05, 3.63) is 35.6 Å². The van der Waals surface area contributed by atoms with Crippen molar-refractivity contribution in [1.29, 1.82) is 0 Å². The summed E-state index contributed by atoms with van der Waals surface area (Å²) >= 11 is 0. The number of likely N-dealkylation sites (tertiary alicyclic amines) is 1. The van der Waals surface area contributed by atoms with E-state index in [2.05, 4.69) is 27.1 Å². The van der Waals surface area contributed by atoms with Crippen LogP contribution in [0.4, 0.5) is 4.39 Å². The number of fused-ring (bicyclic) bond motifs is 1. The largest absolute Gasteiger partial charge is 0.337 e. The van der Waals surface area contributed by atoms with Crippen LogP contribution in [0.3, 0.4) is 0 Å². The minimum atomic E-state index is -0.299. The van der Waals surface area contributed by atoms with Gasteiger partial charge in [0.05, 0.1) is 11.2 Å². The third-order valence-electron chi connectivity index (χ3n) is 5.06. The highest BCUT2D eigenvalue weighted by Crippen LogP contribution is 2.28. The van der Waals surface area contributed by atoms with Crippen molar-refractivity contribution in [2.75, 3.05) is 19.6 Å². The first-order valence-electron chi connectivity index (χ1n) is 8.93. The van der Waals surface area contributed by atoms with Gasteiger partial charge in [-0.3, -0.25) is 0 Å². The molecule has 0 aliphatic carbocycles. The molecule has 1 aliphatic rings. The molecule has 0 saturated carbocycles. The first kappa shape index (κ1) is 16.2. The fraction of sp³-hybridized carbons (Fsp3) is 0.500. The van der Waals surface area contributed by atoms with Gasteiger partial charge in [0.25, 0.3) is 5.95 Å². The molecular weight excluding hydrogens is 321 g/mol. The van der Waals surface area contributed by atoms with Crippen molar-refractivity contribution in [3.63, 3.8) is 0 Å². The van der Waals surface area contributed by atoms with E-state index in [4.69, 9.17) is 4.52 Å². The van der Waals surface area contributed by atoms with Gasteiger partial charge in [-0.25, -0.2) is 4.39 Å². The molecule has 4 rings (SSSR count). The van der Waals surface area contributed by atoms with Gasteiger partial charge in [0.15, 0.2) is 0 Å². The minimum Gasteiger partial charge on any atom is -0.337 e. The molecule has 0 unspecified atom stereocenters. The van der Waals surface area contributed by atoms with Gasteiger partial charge in [0, 0.05) is 17.4 Å². The summed E-state index contributed by atoms with van der Waals surface area (Å²) in [6.45, 7) is 7.38. The number of aromatic nitrogens is 4. The lowest BCUT2D eigenvalue weighted by Gasteiger charge is -2.28. The molecule has 3 aromatic rings. The molecule has 0 N–H and O–H groups in total. The predicted octanol–water partition coefficient (Wildman–Crippen LogP) is 3.31. The Morgan fingerprint density at radius 1 is 1.24 bits per heavy atom. The molecule has 1 fully saturated rings. The minimum absolute atomic E-state index is 0.285. The van der Waals surface area contributed by atoms with Crippen molar-refractivity contribution in [2.45, 2.75) is 39.0 Å². The zero-order valence-electron chi connectivity index (χ0n) is 14.6. The van der Waals surface area contributed by atoms with Crippen LogP contribution in [-0.4, -0.2) is 44.5 Å². The Morgan fingerprint density at radius 3 is 2.76 bits per heavy atom. The standard InChI is InChI=1S/C18H22FN5O/c1-3-15-14-6-5-13(19)11-16(14)24(21-15)18-20-17(25-22-18)12-7-9-23(4-2)10-8-12/h5-6,11-12H,3-4,7-10H2,1-2H3. The Balaban J connectivity index is 1.66. The fourth-order valence-electron chi connectivity index (χ4n) is 3.54. The van der Waals surface area contributed by atoms with E-state index in [0.717, 1.165) is 50.0 Å². The summed E-state index contributed by atoms with van der Waals surface area (Å²) in [5.74, 6) is 1.02. The first-order chi connectivity index (χ1) is 12.2. The van der Waals surface area contributed by atoms with Gasteiger partial charge in [0.2, 0.25) is 5.89 Å². The highest BCUT2D eigenvalue weighted by molar-refractivity contribution is 5.83. The average molecular weight is 343 g/mol. The first-order valence-corrected chi connectivity index (χ1v) is 8.93. The second kappa shape index (κ2) is 6.55. The monoisotopic (exact) mass is 343 g/mol. The van der Waals surface area contributed by atoms with Crippen molar-refractivity contribution >= 4 is 10.9 Å². The van der Waals surface area contributed by atoms with Gasteiger partial charge < -0.3 is 9.42 Å². The lowest BCUT2D eigenvalue weighted by atomic mass is 9.97. The fourth-order valence-corrected chi connectivity index (χ4v) is 3.54. The van der Waals surface area contributed by atoms with Crippen molar-refractivity contribution in [1.82, 2.24) is 24.8 Å². The average Bonchev–Trinajstić information content (AvgIpc) is 3.26. The highest BCUT2D eigenvalue weighted by atomic mass is 19.1. The van der Waals surface area contributed by atoms with Crippen molar-refractivity contribution in [3.8, 4) is 5.95 Å². The highest BCUT2D eigenvalue weighted by Gasteiger charge is 2.25. The maximum atomic E-state index is 13.7. The summed E-state index contributed by atoms with van der Waals surface area (Å²) in [4.78, 5) is 6.99. The third kappa shape index (κ3) is 2.93. The number of rotatable bonds is 4. The van der Waals surface area contributed by atoms with Gasteiger partial charge >= 0.3 is 0 Å². The lowest BCUT2D eigenvalue weighted by Crippen LogP contribution is -2.32. The van der Waals surface area contributed by atoms with Gasteiger partial charge in [-0.05, 0) is 56.2 Å². The molecule has 1 aliphatic heterocycles. The van der Waals surface area contributed by atoms with Gasteiger partial charge in [-0.15, -0.1) is 0 Å². The van der Waals surface area contributed by atoms with Gasteiger partial charge in [-0.2, -0.15) is 14.8 Å².